The van der Waals surface area contributed by atoms with Crippen LogP contribution >= 0.6 is 11.8 Å². The Morgan fingerprint density at radius 2 is 1.86 bits per heavy atom. The number of ether oxygens (including phenoxy) is 1. The summed E-state index contributed by atoms with van der Waals surface area (Å²) in [7, 11) is 0. The lowest BCUT2D eigenvalue weighted by atomic mass is 9.86. The van der Waals surface area contributed by atoms with Gasteiger partial charge in [0.05, 0.1) is 11.4 Å². The average Bonchev–Trinajstić information content (AvgIpc) is 3.51. The van der Waals surface area contributed by atoms with Gasteiger partial charge in [-0.1, -0.05) is 69.6 Å². The van der Waals surface area contributed by atoms with Crippen molar-refractivity contribution in [3.05, 3.63) is 53.6 Å². The van der Waals surface area contributed by atoms with E-state index < -0.39 is 0 Å². The third-order valence-corrected chi connectivity index (χ3v) is 7.57. The van der Waals surface area contributed by atoms with Crippen molar-refractivity contribution in [3.8, 4) is 17.1 Å². The normalized spacial score (nSPS) is 16.0. The first-order valence-corrected chi connectivity index (χ1v) is 13.1. The van der Waals surface area contributed by atoms with Crippen LogP contribution in [0.3, 0.4) is 0 Å². The molecule has 0 spiro atoms. The molecule has 0 atom stereocenters. The second-order valence-electron chi connectivity index (χ2n) is 10.2. The van der Waals surface area contributed by atoms with Crippen LogP contribution in [0.2, 0.25) is 0 Å². The van der Waals surface area contributed by atoms with E-state index in [1.165, 1.54) is 30.2 Å². The van der Waals surface area contributed by atoms with Crippen molar-refractivity contribution < 1.29 is 14.3 Å². The topological polar surface area (TPSA) is 86.1 Å². The number of carbonyl (C=O) groups excluding carboxylic acids is 2. The van der Waals surface area contributed by atoms with Gasteiger partial charge in [0.25, 0.3) is 5.91 Å². The summed E-state index contributed by atoms with van der Waals surface area (Å²) in [6.45, 7) is 6.61. The van der Waals surface area contributed by atoms with E-state index in [0.29, 0.717) is 23.0 Å². The van der Waals surface area contributed by atoms with E-state index in [0.717, 1.165) is 29.4 Å². The van der Waals surface area contributed by atoms with Crippen LogP contribution in [0, 0.1) is 0 Å². The fraction of sp³-hybridized carbons (Fsp3) is 0.407. The SMILES string of the molecule is CC(C)(C)c1ccc(-c2nnc(SCC(=O)c3ccc4c(c3)NC(=O)CO4)n2C2CCCC2)cc1. The maximum atomic E-state index is 13.0. The maximum absolute atomic E-state index is 13.0. The van der Waals surface area contributed by atoms with Crippen molar-refractivity contribution >= 4 is 29.1 Å². The second kappa shape index (κ2) is 9.49. The molecule has 182 valence electrons. The van der Waals surface area contributed by atoms with E-state index in [9.17, 15) is 9.59 Å². The van der Waals surface area contributed by atoms with Crippen LogP contribution in [0.5, 0.6) is 5.75 Å². The number of amides is 1. The van der Waals surface area contributed by atoms with Gasteiger partial charge in [0.2, 0.25) is 0 Å². The van der Waals surface area contributed by atoms with Crippen LogP contribution in [0.1, 0.15) is 68.4 Å². The van der Waals surface area contributed by atoms with Crippen LogP contribution in [-0.4, -0.2) is 38.8 Å². The third-order valence-electron chi connectivity index (χ3n) is 6.63. The monoisotopic (exact) mass is 490 g/mol. The van der Waals surface area contributed by atoms with Crippen LogP contribution in [0.4, 0.5) is 5.69 Å². The van der Waals surface area contributed by atoms with E-state index in [1.54, 1.807) is 18.2 Å². The zero-order valence-corrected chi connectivity index (χ0v) is 21.2. The number of hydrogen-bond donors (Lipinski definition) is 1. The zero-order valence-electron chi connectivity index (χ0n) is 20.3. The van der Waals surface area contributed by atoms with E-state index in [-0.39, 0.29) is 29.5 Å². The lowest BCUT2D eigenvalue weighted by molar-refractivity contribution is -0.118. The summed E-state index contributed by atoms with van der Waals surface area (Å²) in [6.07, 6.45) is 4.57. The molecule has 35 heavy (non-hydrogen) atoms. The Kier molecular flexibility index (Phi) is 6.40. The first-order chi connectivity index (χ1) is 16.8. The van der Waals surface area contributed by atoms with Gasteiger partial charge in [0, 0.05) is 17.2 Å². The van der Waals surface area contributed by atoms with Crippen molar-refractivity contribution in [3.63, 3.8) is 0 Å². The number of Topliss-reactive ketones (excluding diaryl/α,β-unsaturated/α-hetero) is 1. The molecule has 2 heterocycles. The molecule has 1 aromatic heterocycles. The fourth-order valence-corrected chi connectivity index (χ4v) is 5.55. The molecule has 3 aromatic rings. The predicted octanol–water partition coefficient (Wildman–Crippen LogP) is 5.66. The summed E-state index contributed by atoms with van der Waals surface area (Å²) in [5.41, 5.74) is 3.48. The summed E-state index contributed by atoms with van der Waals surface area (Å²) in [5, 5.41) is 12.6. The summed E-state index contributed by atoms with van der Waals surface area (Å²) >= 11 is 1.42. The summed E-state index contributed by atoms with van der Waals surface area (Å²) in [4.78, 5) is 24.6. The van der Waals surface area contributed by atoms with Gasteiger partial charge in [0.1, 0.15) is 5.75 Å². The molecule has 0 bridgehead atoms. The molecule has 1 N–H and O–H groups in total. The van der Waals surface area contributed by atoms with Crippen molar-refractivity contribution in [2.45, 2.75) is 63.1 Å². The van der Waals surface area contributed by atoms with E-state index in [4.69, 9.17) is 4.74 Å². The van der Waals surface area contributed by atoms with Gasteiger partial charge in [0.15, 0.2) is 23.4 Å². The zero-order chi connectivity index (χ0) is 24.6. The molecule has 2 aliphatic rings. The van der Waals surface area contributed by atoms with Crippen LogP contribution in [0.15, 0.2) is 47.6 Å². The Morgan fingerprint density at radius 1 is 1.11 bits per heavy atom. The Morgan fingerprint density at radius 3 is 2.57 bits per heavy atom. The molecule has 1 aliphatic heterocycles. The standard InChI is InChI=1S/C27H30N4O3S/c1-27(2,3)19-11-8-17(9-12-19)25-29-30-26(31(25)20-6-4-5-7-20)35-16-22(32)18-10-13-23-21(14-18)28-24(33)15-34-23/h8-14,20H,4-7,15-16H2,1-3H3,(H,28,33). The minimum absolute atomic E-state index is 0.00572. The van der Waals surface area contributed by atoms with Crippen LogP contribution in [-0.2, 0) is 10.2 Å². The quantitative estimate of drug-likeness (QED) is 0.354. The number of aromatic nitrogens is 3. The van der Waals surface area contributed by atoms with Gasteiger partial charge >= 0.3 is 0 Å². The molecule has 2 aromatic carbocycles. The number of rotatable bonds is 6. The minimum Gasteiger partial charge on any atom is -0.482 e. The van der Waals surface area contributed by atoms with Gasteiger partial charge in [-0.05, 0) is 42.0 Å². The maximum Gasteiger partial charge on any atom is 0.262 e. The highest BCUT2D eigenvalue weighted by atomic mass is 32.2. The Hall–Kier alpha value is -3.13. The number of anilines is 1. The van der Waals surface area contributed by atoms with Gasteiger partial charge in [-0.3, -0.25) is 14.2 Å². The average molecular weight is 491 g/mol. The highest BCUT2D eigenvalue weighted by Gasteiger charge is 2.26. The van der Waals surface area contributed by atoms with Crippen molar-refractivity contribution in [2.75, 3.05) is 17.7 Å². The van der Waals surface area contributed by atoms with Crippen molar-refractivity contribution in [1.82, 2.24) is 14.8 Å². The number of hydrogen-bond acceptors (Lipinski definition) is 6. The number of nitrogens with one attached hydrogen (secondary N) is 1. The highest BCUT2D eigenvalue weighted by Crippen LogP contribution is 2.37. The van der Waals surface area contributed by atoms with E-state index >= 15 is 0 Å². The van der Waals surface area contributed by atoms with Crippen molar-refractivity contribution in [1.29, 1.82) is 0 Å². The molecule has 0 radical (unpaired) electrons. The number of nitrogens with zero attached hydrogens (tertiary/aromatic N) is 3. The number of fused-ring (bicyclic) bond motifs is 1. The molecular weight excluding hydrogens is 460 g/mol. The molecule has 1 saturated carbocycles. The Balaban J connectivity index is 1.37. The summed E-state index contributed by atoms with van der Waals surface area (Å²) < 4.78 is 7.63. The van der Waals surface area contributed by atoms with E-state index in [1.807, 2.05) is 0 Å². The van der Waals surface area contributed by atoms with E-state index in [2.05, 4.69) is 65.1 Å². The molecule has 5 rings (SSSR count). The molecule has 1 amide bonds. The number of carbonyl (C=O) groups is 2. The molecule has 1 fully saturated rings. The molecule has 1 aliphatic carbocycles. The summed E-state index contributed by atoms with van der Waals surface area (Å²) in [5.74, 6) is 1.43. The first kappa shape index (κ1) is 23.6. The Bertz CT molecular complexity index is 1250. The van der Waals surface area contributed by atoms with Gasteiger partial charge in [-0.15, -0.1) is 10.2 Å². The lowest BCUT2D eigenvalue weighted by Crippen LogP contribution is -2.25. The number of benzene rings is 2. The molecule has 7 nitrogen and oxygen atoms in total. The molecule has 8 heteroatoms. The molecule has 0 saturated heterocycles. The fourth-order valence-electron chi connectivity index (χ4n) is 4.65. The third kappa shape index (κ3) is 4.98. The second-order valence-corrected chi connectivity index (χ2v) is 11.1. The van der Waals surface area contributed by atoms with Gasteiger partial charge in [-0.25, -0.2) is 0 Å². The van der Waals surface area contributed by atoms with Gasteiger partial charge < -0.3 is 10.1 Å². The largest absolute Gasteiger partial charge is 0.482 e. The van der Waals surface area contributed by atoms with Crippen molar-refractivity contribution in [2.24, 2.45) is 0 Å². The van der Waals surface area contributed by atoms with Gasteiger partial charge in [-0.2, -0.15) is 0 Å². The highest BCUT2D eigenvalue weighted by molar-refractivity contribution is 7.99. The minimum atomic E-state index is -0.218. The first-order valence-electron chi connectivity index (χ1n) is 12.1. The van der Waals surface area contributed by atoms with Crippen LogP contribution < -0.4 is 10.1 Å². The van der Waals surface area contributed by atoms with Crippen LogP contribution in [0.25, 0.3) is 11.4 Å². The Labute approximate surface area is 209 Å². The number of ketones is 1. The predicted molar refractivity (Wildman–Crippen MR) is 137 cm³/mol. The number of thioether (sulfide) groups is 1. The smallest absolute Gasteiger partial charge is 0.262 e. The summed E-state index contributed by atoms with van der Waals surface area (Å²) in [6, 6.07) is 14.1. The molecular formula is C27H30N4O3S. The molecule has 0 unspecified atom stereocenters. The lowest BCUT2D eigenvalue weighted by Gasteiger charge is -2.20.